The van der Waals surface area contributed by atoms with Crippen LogP contribution < -0.4 is 14.4 Å². The predicted octanol–water partition coefficient (Wildman–Crippen LogP) is 5.68. The summed E-state index contributed by atoms with van der Waals surface area (Å²) < 4.78 is 28.3. The molecule has 0 atom stereocenters. The summed E-state index contributed by atoms with van der Waals surface area (Å²) in [4.78, 5) is 20.0. The summed E-state index contributed by atoms with van der Waals surface area (Å²) >= 11 is 0. The molecule has 11 heteroatoms. The third kappa shape index (κ3) is 6.72. The lowest BCUT2D eigenvalue weighted by atomic mass is 10.1. The minimum atomic E-state index is -0.594. The van der Waals surface area contributed by atoms with Gasteiger partial charge in [0.05, 0.1) is 42.9 Å². The van der Waals surface area contributed by atoms with Gasteiger partial charge < -0.3 is 19.5 Å². The molecule has 0 radical (unpaired) electrons. The molecule has 0 amide bonds. The number of hydrogen-bond acceptors (Lipinski definition) is 9. The molecule has 1 N–H and O–H groups in total. The number of halogens is 1. The fourth-order valence-corrected chi connectivity index (χ4v) is 4.92. The second-order valence-electron chi connectivity index (χ2n) is 10.5. The molecular weight excluding hydrogens is 549 g/mol. The van der Waals surface area contributed by atoms with Crippen LogP contribution in [0.1, 0.15) is 49.7 Å². The lowest BCUT2D eigenvalue weighted by Crippen LogP contribution is -2.25. The number of hydrogen-bond donors (Lipinski definition) is 1. The number of fused-ring (bicyclic) bond motifs is 1. The molecular formula is C32H36FN7O3. The van der Waals surface area contributed by atoms with Crippen LogP contribution in [-0.4, -0.2) is 55.1 Å². The van der Waals surface area contributed by atoms with Gasteiger partial charge in [-0.15, -0.1) is 0 Å². The van der Waals surface area contributed by atoms with Crippen LogP contribution in [0.4, 0.5) is 10.1 Å². The first-order valence-corrected chi connectivity index (χ1v) is 14.3. The maximum atomic E-state index is 15.0. The Hall–Kier alpha value is -4.64. The number of aliphatic hydroxyl groups is 1. The van der Waals surface area contributed by atoms with Gasteiger partial charge in [0.2, 0.25) is 11.8 Å². The molecule has 0 unspecified atom stereocenters. The van der Waals surface area contributed by atoms with E-state index in [1.165, 1.54) is 6.20 Å². The lowest BCUT2D eigenvalue weighted by molar-refractivity contribution is 0.247. The first kappa shape index (κ1) is 29.8. The van der Waals surface area contributed by atoms with Crippen LogP contribution in [0.25, 0.3) is 22.3 Å². The Balaban J connectivity index is 1.67. The van der Waals surface area contributed by atoms with Crippen molar-refractivity contribution in [3.8, 4) is 22.9 Å². The van der Waals surface area contributed by atoms with E-state index in [0.717, 1.165) is 28.2 Å². The van der Waals surface area contributed by atoms with E-state index in [9.17, 15) is 9.50 Å². The van der Waals surface area contributed by atoms with Gasteiger partial charge in [0.1, 0.15) is 22.5 Å². The number of rotatable bonds is 13. The standard InChI is InChI=1S/C32H36FN7O3/c1-21(2)40-30-28(18-26(37-29(30)22(3)38-40)25-8-7-13-35-31(25)33)39(19-23-9-11-24(42-4)12-10-23)20-27-32(36-15-14-34-27)43-17-6-5-16-41/h7-15,18,21,41H,5-6,16-17,19-20H2,1-4H3. The molecule has 10 nitrogen and oxygen atoms in total. The smallest absolute Gasteiger partial charge is 0.237 e. The van der Waals surface area contributed by atoms with Gasteiger partial charge in [0.15, 0.2) is 0 Å². The highest BCUT2D eigenvalue weighted by molar-refractivity contribution is 5.93. The third-order valence-electron chi connectivity index (χ3n) is 7.07. The number of nitrogens with zero attached hydrogens (tertiary/aromatic N) is 7. The molecule has 0 aliphatic carbocycles. The van der Waals surface area contributed by atoms with Crippen LogP contribution in [0.2, 0.25) is 0 Å². The molecule has 43 heavy (non-hydrogen) atoms. The van der Waals surface area contributed by atoms with Crippen molar-refractivity contribution in [1.82, 2.24) is 29.7 Å². The van der Waals surface area contributed by atoms with Crippen molar-refractivity contribution < 1.29 is 19.0 Å². The minimum Gasteiger partial charge on any atom is -0.497 e. The molecule has 0 saturated carbocycles. The molecule has 4 aromatic heterocycles. The molecule has 1 aromatic carbocycles. The molecule has 0 bridgehead atoms. The van der Waals surface area contributed by atoms with Crippen molar-refractivity contribution in [3.63, 3.8) is 0 Å². The van der Waals surface area contributed by atoms with E-state index in [4.69, 9.17) is 19.6 Å². The van der Waals surface area contributed by atoms with Gasteiger partial charge in [-0.2, -0.15) is 9.49 Å². The second-order valence-corrected chi connectivity index (χ2v) is 10.5. The monoisotopic (exact) mass is 585 g/mol. The number of anilines is 1. The first-order chi connectivity index (χ1) is 20.9. The fraction of sp³-hybridized carbons (Fsp3) is 0.344. The highest BCUT2D eigenvalue weighted by Crippen LogP contribution is 2.36. The van der Waals surface area contributed by atoms with Gasteiger partial charge in [-0.05, 0) is 69.5 Å². The summed E-state index contributed by atoms with van der Waals surface area (Å²) in [5.74, 6) is 0.595. The molecule has 0 saturated heterocycles. The Morgan fingerprint density at radius 1 is 1.00 bits per heavy atom. The number of aryl methyl sites for hydroxylation is 1. The number of ether oxygens (including phenoxy) is 2. The van der Waals surface area contributed by atoms with Crippen molar-refractivity contribution in [2.24, 2.45) is 0 Å². The number of benzene rings is 1. The average molecular weight is 586 g/mol. The fourth-order valence-electron chi connectivity index (χ4n) is 4.92. The Bertz CT molecular complexity index is 1670. The van der Waals surface area contributed by atoms with Gasteiger partial charge in [0, 0.05) is 37.8 Å². The van der Waals surface area contributed by atoms with E-state index >= 15 is 0 Å². The van der Waals surface area contributed by atoms with Crippen LogP contribution in [0.3, 0.4) is 0 Å². The molecule has 0 aliphatic rings. The summed E-state index contributed by atoms with van der Waals surface area (Å²) in [7, 11) is 1.64. The highest BCUT2D eigenvalue weighted by atomic mass is 19.1. The molecule has 0 aliphatic heterocycles. The second kappa shape index (κ2) is 13.6. The van der Waals surface area contributed by atoms with Crippen molar-refractivity contribution in [2.45, 2.75) is 52.7 Å². The van der Waals surface area contributed by atoms with E-state index in [1.807, 2.05) is 41.9 Å². The van der Waals surface area contributed by atoms with E-state index in [-0.39, 0.29) is 12.6 Å². The van der Waals surface area contributed by atoms with Crippen LogP contribution in [0.5, 0.6) is 11.6 Å². The number of pyridine rings is 2. The van der Waals surface area contributed by atoms with Gasteiger partial charge >= 0.3 is 0 Å². The Morgan fingerprint density at radius 3 is 2.51 bits per heavy atom. The van der Waals surface area contributed by atoms with Crippen molar-refractivity contribution in [1.29, 1.82) is 0 Å². The zero-order valence-electron chi connectivity index (χ0n) is 24.9. The average Bonchev–Trinajstić information content (AvgIpc) is 3.36. The maximum absolute atomic E-state index is 15.0. The highest BCUT2D eigenvalue weighted by Gasteiger charge is 2.24. The largest absolute Gasteiger partial charge is 0.497 e. The summed E-state index contributed by atoms with van der Waals surface area (Å²) in [6.45, 7) is 7.39. The molecule has 5 aromatic rings. The zero-order chi connectivity index (χ0) is 30.3. The van der Waals surface area contributed by atoms with E-state index in [1.54, 1.807) is 31.6 Å². The van der Waals surface area contributed by atoms with Gasteiger partial charge in [-0.1, -0.05) is 12.1 Å². The van der Waals surface area contributed by atoms with Crippen LogP contribution in [0.15, 0.2) is 61.1 Å². The van der Waals surface area contributed by atoms with E-state index in [2.05, 4.69) is 33.7 Å². The van der Waals surface area contributed by atoms with Crippen LogP contribution in [0, 0.1) is 12.9 Å². The SMILES string of the molecule is COc1ccc(CN(Cc2nccnc2OCCCCO)c2cc(-c3cccnc3F)nc3c(C)nn(C(C)C)c23)cc1. The lowest BCUT2D eigenvalue weighted by Gasteiger charge is -2.27. The molecule has 5 rings (SSSR count). The molecule has 4 heterocycles. The van der Waals surface area contributed by atoms with Crippen molar-refractivity contribution in [3.05, 3.63) is 84.0 Å². The quantitative estimate of drug-likeness (QED) is 0.138. The Morgan fingerprint density at radius 2 is 1.79 bits per heavy atom. The summed E-state index contributed by atoms with van der Waals surface area (Å²) in [6.07, 6.45) is 6.00. The van der Waals surface area contributed by atoms with Crippen LogP contribution >= 0.6 is 0 Å². The van der Waals surface area contributed by atoms with Crippen LogP contribution in [-0.2, 0) is 13.1 Å². The Kier molecular flexibility index (Phi) is 9.41. The number of unbranched alkanes of at least 4 members (excludes halogenated alkanes) is 1. The summed E-state index contributed by atoms with van der Waals surface area (Å²) in [5.41, 5.74) is 5.51. The topological polar surface area (TPSA) is 111 Å². The number of aromatic nitrogens is 6. The maximum Gasteiger partial charge on any atom is 0.237 e. The zero-order valence-corrected chi connectivity index (χ0v) is 24.9. The third-order valence-corrected chi connectivity index (χ3v) is 7.07. The van der Waals surface area contributed by atoms with Gasteiger partial charge in [-0.3, -0.25) is 9.67 Å². The number of methoxy groups -OCH3 is 1. The molecule has 0 spiro atoms. The van der Waals surface area contributed by atoms with E-state index < -0.39 is 5.95 Å². The minimum absolute atomic E-state index is 0.0440. The van der Waals surface area contributed by atoms with Crippen molar-refractivity contribution >= 4 is 16.7 Å². The molecule has 0 fully saturated rings. The van der Waals surface area contributed by atoms with Gasteiger partial charge in [0.25, 0.3) is 0 Å². The Labute approximate surface area is 250 Å². The summed E-state index contributed by atoms with van der Waals surface area (Å²) in [5, 5.41) is 14.0. The normalized spacial score (nSPS) is 11.3. The molecule has 224 valence electrons. The van der Waals surface area contributed by atoms with Crippen molar-refractivity contribution in [2.75, 3.05) is 25.2 Å². The first-order valence-electron chi connectivity index (χ1n) is 14.3. The van der Waals surface area contributed by atoms with Gasteiger partial charge in [-0.25, -0.2) is 15.0 Å². The van der Waals surface area contributed by atoms with E-state index in [0.29, 0.717) is 60.9 Å². The summed E-state index contributed by atoms with van der Waals surface area (Å²) in [6, 6.07) is 13.2. The number of aliphatic hydroxyl groups excluding tert-OH is 1. The predicted molar refractivity (Wildman–Crippen MR) is 163 cm³/mol.